The fraction of sp³-hybridized carbons (Fsp3) is 0.286. The molecule has 0 saturated heterocycles. The fourth-order valence-electron chi connectivity index (χ4n) is 1.71. The van der Waals surface area contributed by atoms with E-state index in [0.717, 1.165) is 11.4 Å². The van der Waals surface area contributed by atoms with E-state index in [2.05, 4.69) is 10.4 Å². The highest BCUT2D eigenvalue weighted by molar-refractivity contribution is 5.74. The molecule has 1 aromatic carbocycles. The molecule has 0 saturated carbocycles. The highest BCUT2D eigenvalue weighted by Crippen LogP contribution is 2.06. The van der Waals surface area contributed by atoms with Gasteiger partial charge in [-0.15, -0.1) is 0 Å². The number of amides is 1. The van der Waals surface area contributed by atoms with E-state index in [1.807, 2.05) is 47.3 Å². The van der Waals surface area contributed by atoms with E-state index in [0.29, 0.717) is 19.7 Å². The third kappa shape index (κ3) is 4.49. The Balaban J connectivity index is 1.72. The highest BCUT2D eigenvalue weighted by Gasteiger charge is 2.00. The van der Waals surface area contributed by atoms with Crippen LogP contribution < -0.4 is 11.1 Å². The number of rotatable bonds is 8. The molecule has 2 rings (SSSR count). The normalized spacial score (nSPS) is 10.6. The van der Waals surface area contributed by atoms with Gasteiger partial charge in [0.25, 0.3) is 0 Å². The zero-order chi connectivity index (χ0) is 14.2. The van der Waals surface area contributed by atoms with Crippen molar-refractivity contribution in [2.24, 2.45) is 5.73 Å². The molecule has 0 spiro atoms. The van der Waals surface area contributed by atoms with E-state index in [4.69, 9.17) is 10.5 Å². The molecule has 3 N–H and O–H groups in total. The lowest BCUT2D eigenvalue weighted by molar-refractivity contribution is -0.122. The SMILES string of the molecule is NC(=O)COCCNCc1ccn(-c2ccccc2)n1. The van der Waals surface area contributed by atoms with Gasteiger partial charge in [-0.25, -0.2) is 4.68 Å². The smallest absolute Gasteiger partial charge is 0.243 e. The predicted molar refractivity (Wildman–Crippen MR) is 75.3 cm³/mol. The number of benzene rings is 1. The maximum Gasteiger partial charge on any atom is 0.243 e. The van der Waals surface area contributed by atoms with Crippen LogP contribution in [0.25, 0.3) is 5.69 Å². The van der Waals surface area contributed by atoms with E-state index in [-0.39, 0.29) is 6.61 Å². The Morgan fingerprint density at radius 1 is 1.30 bits per heavy atom. The molecule has 0 radical (unpaired) electrons. The number of ether oxygens (including phenoxy) is 1. The van der Waals surface area contributed by atoms with E-state index in [1.165, 1.54) is 0 Å². The Hall–Kier alpha value is -2.18. The summed E-state index contributed by atoms with van der Waals surface area (Å²) in [5.74, 6) is -0.452. The minimum Gasteiger partial charge on any atom is -0.370 e. The average molecular weight is 274 g/mol. The molecule has 1 aromatic heterocycles. The molecule has 0 aliphatic heterocycles. The number of nitrogens with one attached hydrogen (secondary N) is 1. The molecule has 0 aliphatic rings. The first-order valence-electron chi connectivity index (χ1n) is 6.42. The molecular weight excluding hydrogens is 256 g/mol. The standard InChI is InChI=1S/C14H18N4O2/c15-14(19)11-20-9-7-16-10-12-6-8-18(17-12)13-4-2-1-3-5-13/h1-6,8,16H,7,9-11H2,(H2,15,19). The summed E-state index contributed by atoms with van der Waals surface area (Å²) in [4.78, 5) is 10.5. The van der Waals surface area contributed by atoms with Crippen molar-refractivity contribution in [2.45, 2.75) is 6.54 Å². The maximum absolute atomic E-state index is 10.5. The molecule has 2 aromatic rings. The van der Waals surface area contributed by atoms with Crippen molar-refractivity contribution in [1.29, 1.82) is 0 Å². The average Bonchev–Trinajstić information content (AvgIpc) is 2.92. The van der Waals surface area contributed by atoms with Crippen molar-refractivity contribution >= 4 is 5.91 Å². The van der Waals surface area contributed by atoms with Gasteiger partial charge in [-0.1, -0.05) is 18.2 Å². The van der Waals surface area contributed by atoms with Gasteiger partial charge in [-0.2, -0.15) is 5.10 Å². The molecule has 1 heterocycles. The van der Waals surface area contributed by atoms with Gasteiger partial charge >= 0.3 is 0 Å². The maximum atomic E-state index is 10.5. The van der Waals surface area contributed by atoms with Crippen molar-refractivity contribution in [3.05, 3.63) is 48.3 Å². The van der Waals surface area contributed by atoms with Crippen molar-refractivity contribution in [2.75, 3.05) is 19.8 Å². The van der Waals surface area contributed by atoms with E-state index < -0.39 is 5.91 Å². The quantitative estimate of drug-likeness (QED) is 0.685. The van der Waals surface area contributed by atoms with Crippen molar-refractivity contribution < 1.29 is 9.53 Å². The Bertz CT molecular complexity index is 539. The van der Waals surface area contributed by atoms with Crippen LogP contribution in [-0.4, -0.2) is 35.4 Å². The summed E-state index contributed by atoms with van der Waals surface area (Å²) >= 11 is 0. The minimum absolute atomic E-state index is 0.0374. The molecule has 0 fully saturated rings. The van der Waals surface area contributed by atoms with Gasteiger partial charge in [0.15, 0.2) is 0 Å². The number of nitrogens with two attached hydrogens (primary N) is 1. The number of aromatic nitrogens is 2. The number of hydrogen-bond donors (Lipinski definition) is 2. The molecule has 1 amide bonds. The Morgan fingerprint density at radius 2 is 2.10 bits per heavy atom. The van der Waals surface area contributed by atoms with Gasteiger partial charge < -0.3 is 15.8 Å². The van der Waals surface area contributed by atoms with Crippen molar-refractivity contribution in [3.63, 3.8) is 0 Å². The van der Waals surface area contributed by atoms with Crippen LogP contribution in [0.5, 0.6) is 0 Å². The molecule has 0 unspecified atom stereocenters. The second kappa shape index (κ2) is 7.42. The van der Waals surface area contributed by atoms with Gasteiger partial charge in [0.2, 0.25) is 5.91 Å². The topological polar surface area (TPSA) is 82.2 Å². The van der Waals surface area contributed by atoms with Crippen LogP contribution in [0.1, 0.15) is 5.69 Å². The molecule has 0 bridgehead atoms. The number of primary amides is 1. The van der Waals surface area contributed by atoms with Crippen LogP contribution in [0.4, 0.5) is 0 Å². The monoisotopic (exact) mass is 274 g/mol. The molecular formula is C14H18N4O2. The molecule has 6 heteroatoms. The molecule has 0 aliphatic carbocycles. The second-order valence-electron chi connectivity index (χ2n) is 4.28. The lowest BCUT2D eigenvalue weighted by Crippen LogP contribution is -2.23. The summed E-state index contributed by atoms with van der Waals surface area (Å²) in [7, 11) is 0. The summed E-state index contributed by atoms with van der Waals surface area (Å²) in [5, 5.41) is 7.65. The predicted octanol–water partition coefficient (Wildman–Crippen LogP) is 0.464. The van der Waals surface area contributed by atoms with Crippen LogP contribution in [0, 0.1) is 0 Å². The molecule has 6 nitrogen and oxygen atoms in total. The first kappa shape index (κ1) is 14.2. The van der Waals surface area contributed by atoms with Crippen LogP contribution in [0.3, 0.4) is 0 Å². The van der Waals surface area contributed by atoms with Gasteiger partial charge in [0, 0.05) is 19.3 Å². The van der Waals surface area contributed by atoms with Crippen LogP contribution in [0.15, 0.2) is 42.6 Å². The first-order chi connectivity index (χ1) is 9.75. The molecule has 20 heavy (non-hydrogen) atoms. The van der Waals surface area contributed by atoms with Gasteiger partial charge in [0.05, 0.1) is 18.0 Å². The van der Waals surface area contributed by atoms with E-state index >= 15 is 0 Å². The Labute approximate surface area is 117 Å². The van der Waals surface area contributed by atoms with Crippen molar-refractivity contribution in [1.82, 2.24) is 15.1 Å². The van der Waals surface area contributed by atoms with Crippen LogP contribution >= 0.6 is 0 Å². The summed E-state index contributed by atoms with van der Waals surface area (Å²) in [6.45, 7) is 1.71. The summed E-state index contributed by atoms with van der Waals surface area (Å²) in [5.41, 5.74) is 6.94. The number of nitrogens with zero attached hydrogens (tertiary/aromatic N) is 2. The van der Waals surface area contributed by atoms with Crippen molar-refractivity contribution in [3.8, 4) is 5.69 Å². The lowest BCUT2D eigenvalue weighted by Gasteiger charge is -2.03. The third-order valence-electron chi connectivity index (χ3n) is 2.64. The second-order valence-corrected chi connectivity index (χ2v) is 4.28. The van der Waals surface area contributed by atoms with Crippen LogP contribution in [0.2, 0.25) is 0 Å². The zero-order valence-corrected chi connectivity index (χ0v) is 11.2. The van der Waals surface area contributed by atoms with Gasteiger partial charge in [-0.05, 0) is 18.2 Å². The van der Waals surface area contributed by atoms with E-state index in [9.17, 15) is 4.79 Å². The number of carbonyl (C=O) groups excluding carboxylic acids is 1. The number of hydrogen-bond acceptors (Lipinski definition) is 4. The Kier molecular flexibility index (Phi) is 5.28. The summed E-state index contributed by atoms with van der Waals surface area (Å²) in [6.07, 6.45) is 1.93. The zero-order valence-electron chi connectivity index (χ0n) is 11.2. The summed E-state index contributed by atoms with van der Waals surface area (Å²) in [6, 6.07) is 11.9. The minimum atomic E-state index is -0.452. The highest BCUT2D eigenvalue weighted by atomic mass is 16.5. The molecule has 0 atom stereocenters. The van der Waals surface area contributed by atoms with Gasteiger partial charge in [-0.3, -0.25) is 4.79 Å². The first-order valence-corrected chi connectivity index (χ1v) is 6.42. The van der Waals surface area contributed by atoms with E-state index in [1.54, 1.807) is 0 Å². The lowest BCUT2D eigenvalue weighted by atomic mass is 10.3. The van der Waals surface area contributed by atoms with Crippen LogP contribution in [-0.2, 0) is 16.1 Å². The summed E-state index contributed by atoms with van der Waals surface area (Å²) < 4.78 is 6.88. The third-order valence-corrected chi connectivity index (χ3v) is 2.64. The fourth-order valence-corrected chi connectivity index (χ4v) is 1.71. The Morgan fingerprint density at radius 3 is 2.85 bits per heavy atom. The number of para-hydroxylation sites is 1. The number of carbonyl (C=O) groups is 1. The largest absolute Gasteiger partial charge is 0.370 e. The molecule has 106 valence electrons. The van der Waals surface area contributed by atoms with Gasteiger partial charge in [0.1, 0.15) is 6.61 Å².